The molecule has 4 nitrogen and oxygen atoms in total. The van der Waals surface area contributed by atoms with Gasteiger partial charge in [0.25, 0.3) is 0 Å². The number of benzene rings is 1. The smallest absolute Gasteiger partial charge is 0.158 e. The first-order valence-electron chi connectivity index (χ1n) is 6.33. The van der Waals surface area contributed by atoms with E-state index >= 15 is 0 Å². The van der Waals surface area contributed by atoms with Gasteiger partial charge in [0.15, 0.2) is 5.65 Å². The van der Waals surface area contributed by atoms with Gasteiger partial charge in [-0.2, -0.15) is 5.10 Å². The molecule has 2 heterocycles. The maximum absolute atomic E-state index is 4.69. The molecule has 0 saturated heterocycles. The van der Waals surface area contributed by atoms with Crippen LogP contribution < -0.4 is 5.32 Å². The summed E-state index contributed by atoms with van der Waals surface area (Å²) >= 11 is 0. The molecule has 1 aliphatic rings. The molecule has 3 aromatic rings. The van der Waals surface area contributed by atoms with Crippen molar-refractivity contribution in [1.29, 1.82) is 0 Å². The standard InChI is InChI=1S/C14H14N4/c1-9-8-13-16-14(15-10-6-7-10)11-4-2-3-5-12(11)18(13)17-9/h2-5,8,10H,6-7H2,1H3,(H,15,16). The van der Waals surface area contributed by atoms with Gasteiger partial charge in [0.1, 0.15) is 5.82 Å². The van der Waals surface area contributed by atoms with E-state index in [1.54, 1.807) is 0 Å². The second-order valence-electron chi connectivity index (χ2n) is 4.95. The van der Waals surface area contributed by atoms with E-state index in [9.17, 15) is 0 Å². The first kappa shape index (κ1) is 9.88. The molecular formula is C14H14N4. The van der Waals surface area contributed by atoms with Crippen LogP contribution in [0.2, 0.25) is 0 Å². The Morgan fingerprint density at radius 1 is 1.28 bits per heavy atom. The monoisotopic (exact) mass is 238 g/mol. The summed E-state index contributed by atoms with van der Waals surface area (Å²) < 4.78 is 1.92. The van der Waals surface area contributed by atoms with E-state index in [1.165, 1.54) is 12.8 Å². The van der Waals surface area contributed by atoms with Crippen LogP contribution in [0.15, 0.2) is 30.3 Å². The zero-order valence-corrected chi connectivity index (χ0v) is 10.2. The van der Waals surface area contributed by atoms with Crippen LogP contribution in [0.5, 0.6) is 0 Å². The minimum absolute atomic E-state index is 0.604. The first-order valence-corrected chi connectivity index (χ1v) is 6.33. The third-order valence-electron chi connectivity index (χ3n) is 3.34. The molecule has 1 saturated carbocycles. The van der Waals surface area contributed by atoms with Gasteiger partial charge in [-0.05, 0) is 31.9 Å². The summed E-state index contributed by atoms with van der Waals surface area (Å²) in [6.07, 6.45) is 2.50. The molecule has 0 aliphatic heterocycles. The lowest BCUT2D eigenvalue weighted by molar-refractivity contribution is 0.954. The lowest BCUT2D eigenvalue weighted by Crippen LogP contribution is -2.05. The Labute approximate surface area is 105 Å². The van der Waals surface area contributed by atoms with E-state index in [4.69, 9.17) is 4.98 Å². The third kappa shape index (κ3) is 1.45. The fourth-order valence-electron chi connectivity index (χ4n) is 2.31. The highest BCUT2D eigenvalue weighted by molar-refractivity contribution is 5.91. The molecular weight excluding hydrogens is 224 g/mol. The van der Waals surface area contributed by atoms with Crippen molar-refractivity contribution in [3.05, 3.63) is 36.0 Å². The summed E-state index contributed by atoms with van der Waals surface area (Å²) in [6, 6.07) is 10.9. The normalized spacial score (nSPS) is 15.4. The average Bonchev–Trinajstić information content (AvgIpc) is 3.10. The predicted octanol–water partition coefficient (Wildman–Crippen LogP) is 2.77. The summed E-state index contributed by atoms with van der Waals surface area (Å²) in [5.74, 6) is 0.987. The minimum atomic E-state index is 0.604. The summed E-state index contributed by atoms with van der Waals surface area (Å²) in [4.78, 5) is 4.69. The number of hydrogen-bond acceptors (Lipinski definition) is 3. The molecule has 0 amide bonds. The average molecular weight is 238 g/mol. The van der Waals surface area contributed by atoms with Crippen molar-refractivity contribution in [2.24, 2.45) is 0 Å². The van der Waals surface area contributed by atoms with Gasteiger partial charge in [-0.3, -0.25) is 0 Å². The fraction of sp³-hybridized carbons (Fsp3) is 0.286. The van der Waals surface area contributed by atoms with Crippen molar-refractivity contribution in [3.63, 3.8) is 0 Å². The highest BCUT2D eigenvalue weighted by Gasteiger charge is 2.22. The van der Waals surface area contributed by atoms with Crippen LogP contribution in [0.4, 0.5) is 5.82 Å². The Morgan fingerprint density at radius 2 is 2.11 bits per heavy atom. The van der Waals surface area contributed by atoms with Crippen LogP contribution >= 0.6 is 0 Å². The Kier molecular flexibility index (Phi) is 1.89. The molecule has 18 heavy (non-hydrogen) atoms. The summed E-state index contributed by atoms with van der Waals surface area (Å²) in [5.41, 5.74) is 3.02. The van der Waals surface area contributed by atoms with Crippen molar-refractivity contribution in [2.45, 2.75) is 25.8 Å². The van der Waals surface area contributed by atoms with Gasteiger partial charge in [-0.15, -0.1) is 0 Å². The van der Waals surface area contributed by atoms with E-state index in [0.717, 1.165) is 28.1 Å². The van der Waals surface area contributed by atoms with Crippen molar-refractivity contribution in [1.82, 2.24) is 14.6 Å². The maximum Gasteiger partial charge on any atom is 0.158 e. The molecule has 1 aromatic carbocycles. The number of hydrogen-bond donors (Lipinski definition) is 1. The number of rotatable bonds is 2. The number of fused-ring (bicyclic) bond motifs is 3. The molecule has 4 heteroatoms. The maximum atomic E-state index is 4.69. The van der Waals surface area contributed by atoms with Gasteiger partial charge in [0.05, 0.1) is 11.2 Å². The molecule has 1 aliphatic carbocycles. The fourth-order valence-corrected chi connectivity index (χ4v) is 2.31. The second kappa shape index (κ2) is 3.45. The van der Waals surface area contributed by atoms with E-state index in [0.29, 0.717) is 6.04 Å². The first-order chi connectivity index (χ1) is 8.81. The Bertz CT molecular complexity index is 740. The Balaban J connectivity index is 2.06. The van der Waals surface area contributed by atoms with Crippen molar-refractivity contribution in [2.75, 3.05) is 5.32 Å². The number of aromatic nitrogens is 3. The lowest BCUT2D eigenvalue weighted by atomic mass is 10.2. The Hall–Kier alpha value is -2.10. The van der Waals surface area contributed by atoms with Gasteiger partial charge < -0.3 is 5.32 Å². The summed E-state index contributed by atoms with van der Waals surface area (Å²) in [7, 11) is 0. The predicted molar refractivity (Wildman–Crippen MR) is 71.9 cm³/mol. The molecule has 4 rings (SSSR count). The molecule has 1 N–H and O–H groups in total. The van der Waals surface area contributed by atoms with Gasteiger partial charge in [0, 0.05) is 17.5 Å². The highest BCUT2D eigenvalue weighted by Crippen LogP contribution is 2.29. The zero-order chi connectivity index (χ0) is 12.1. The van der Waals surface area contributed by atoms with Crippen LogP contribution in [0.25, 0.3) is 16.6 Å². The van der Waals surface area contributed by atoms with E-state index in [2.05, 4.69) is 22.5 Å². The molecule has 0 unspecified atom stereocenters. The van der Waals surface area contributed by atoms with E-state index in [-0.39, 0.29) is 0 Å². The molecule has 1 fully saturated rings. The third-order valence-corrected chi connectivity index (χ3v) is 3.34. The highest BCUT2D eigenvalue weighted by atomic mass is 15.3. The van der Waals surface area contributed by atoms with Gasteiger partial charge >= 0.3 is 0 Å². The number of anilines is 1. The van der Waals surface area contributed by atoms with Gasteiger partial charge in [0.2, 0.25) is 0 Å². The van der Waals surface area contributed by atoms with Crippen molar-refractivity contribution in [3.8, 4) is 0 Å². The largest absolute Gasteiger partial charge is 0.367 e. The van der Waals surface area contributed by atoms with Crippen LogP contribution in [0, 0.1) is 6.92 Å². The SMILES string of the molecule is Cc1cc2nc(NC3CC3)c3ccccc3n2n1. The van der Waals surface area contributed by atoms with Crippen LogP contribution in [-0.4, -0.2) is 20.6 Å². The van der Waals surface area contributed by atoms with E-state index in [1.807, 2.05) is 29.6 Å². The molecule has 0 radical (unpaired) electrons. The van der Waals surface area contributed by atoms with Crippen molar-refractivity contribution < 1.29 is 0 Å². The number of nitrogens with zero attached hydrogens (tertiary/aromatic N) is 3. The number of para-hydroxylation sites is 1. The van der Waals surface area contributed by atoms with Crippen LogP contribution in [0.1, 0.15) is 18.5 Å². The van der Waals surface area contributed by atoms with Crippen LogP contribution in [-0.2, 0) is 0 Å². The minimum Gasteiger partial charge on any atom is -0.367 e. The molecule has 90 valence electrons. The topological polar surface area (TPSA) is 42.2 Å². The Morgan fingerprint density at radius 3 is 2.94 bits per heavy atom. The second-order valence-corrected chi connectivity index (χ2v) is 4.95. The van der Waals surface area contributed by atoms with E-state index < -0.39 is 0 Å². The van der Waals surface area contributed by atoms with Crippen LogP contribution in [0.3, 0.4) is 0 Å². The van der Waals surface area contributed by atoms with Gasteiger partial charge in [-0.1, -0.05) is 12.1 Å². The zero-order valence-electron chi connectivity index (χ0n) is 10.2. The van der Waals surface area contributed by atoms with Crippen molar-refractivity contribution >= 4 is 22.4 Å². The quantitative estimate of drug-likeness (QED) is 0.746. The molecule has 0 atom stereocenters. The lowest BCUT2D eigenvalue weighted by Gasteiger charge is -2.09. The molecule has 0 bridgehead atoms. The molecule has 0 spiro atoms. The number of nitrogens with one attached hydrogen (secondary N) is 1. The number of aryl methyl sites for hydroxylation is 1. The van der Waals surface area contributed by atoms with Gasteiger partial charge in [-0.25, -0.2) is 9.50 Å². The molecule has 2 aromatic heterocycles. The summed E-state index contributed by atoms with van der Waals surface area (Å²) in [5, 5.41) is 9.15. The summed E-state index contributed by atoms with van der Waals surface area (Å²) in [6.45, 7) is 2.00.